The van der Waals surface area contributed by atoms with Gasteiger partial charge in [-0.2, -0.15) is 0 Å². The molecule has 0 aromatic heterocycles. The molecule has 120 valence electrons. The summed E-state index contributed by atoms with van der Waals surface area (Å²) in [6, 6.07) is -0.590. The maximum atomic E-state index is 12.4. The molecule has 1 aliphatic heterocycles. The van der Waals surface area contributed by atoms with Gasteiger partial charge < -0.3 is 15.0 Å². The molecule has 6 nitrogen and oxygen atoms in total. The van der Waals surface area contributed by atoms with Crippen LogP contribution in [0.3, 0.4) is 0 Å². The summed E-state index contributed by atoms with van der Waals surface area (Å²) in [6.45, 7) is 8.05. The highest BCUT2D eigenvalue weighted by molar-refractivity contribution is 5.89. The first-order valence-corrected chi connectivity index (χ1v) is 7.34. The minimum absolute atomic E-state index is 0.152. The van der Waals surface area contributed by atoms with Crippen LogP contribution in [0.25, 0.3) is 0 Å². The van der Waals surface area contributed by atoms with Crippen molar-refractivity contribution in [2.24, 2.45) is 11.3 Å². The highest BCUT2D eigenvalue weighted by atomic mass is 16.5. The number of nitrogens with zero attached hydrogens (tertiary/aromatic N) is 1. The zero-order valence-corrected chi connectivity index (χ0v) is 13.6. The quantitative estimate of drug-likeness (QED) is 0.787. The number of carbonyl (C=O) groups is 3. The normalized spacial score (nSPS) is 20.6. The Balaban J connectivity index is 2.61. The number of likely N-dealkylation sites (tertiary alicyclic amines) is 1. The van der Waals surface area contributed by atoms with E-state index >= 15 is 0 Å². The molecule has 0 aliphatic carbocycles. The average Bonchev–Trinajstić information content (AvgIpc) is 2.44. The van der Waals surface area contributed by atoms with Crippen LogP contribution < -0.4 is 5.32 Å². The van der Waals surface area contributed by atoms with Gasteiger partial charge in [0.1, 0.15) is 6.04 Å². The van der Waals surface area contributed by atoms with Crippen molar-refractivity contribution in [1.82, 2.24) is 10.2 Å². The Kier molecular flexibility index (Phi) is 5.75. The van der Waals surface area contributed by atoms with Crippen molar-refractivity contribution in [3.8, 4) is 0 Å². The van der Waals surface area contributed by atoms with Crippen molar-refractivity contribution in [2.75, 3.05) is 20.2 Å². The summed E-state index contributed by atoms with van der Waals surface area (Å²) in [5.41, 5.74) is -0.537. The molecule has 2 amide bonds. The first-order chi connectivity index (χ1) is 9.66. The second-order valence-electron chi connectivity index (χ2n) is 6.59. The van der Waals surface area contributed by atoms with E-state index < -0.39 is 11.5 Å². The minimum Gasteiger partial charge on any atom is -0.469 e. The summed E-state index contributed by atoms with van der Waals surface area (Å²) in [6.07, 6.45) is 1.50. The minimum atomic E-state index is -0.590. The summed E-state index contributed by atoms with van der Waals surface area (Å²) in [5.74, 6) is -0.858. The molecule has 0 bridgehead atoms. The summed E-state index contributed by atoms with van der Waals surface area (Å²) in [4.78, 5) is 37.5. The third kappa shape index (κ3) is 4.72. The number of ether oxygens (including phenoxy) is 1. The summed E-state index contributed by atoms with van der Waals surface area (Å²) in [7, 11) is 1.36. The standard InChI is InChI=1S/C15H26N2O4/c1-10(16-14(20)15(2,3)4)12(18)17-8-6-7-11(9-17)13(19)21-5/h10-11H,6-9H2,1-5H3,(H,16,20). The number of hydrogen-bond acceptors (Lipinski definition) is 4. The number of methoxy groups -OCH3 is 1. The molecule has 0 aromatic carbocycles. The molecule has 0 saturated carbocycles. The fraction of sp³-hybridized carbons (Fsp3) is 0.800. The Hall–Kier alpha value is -1.59. The maximum absolute atomic E-state index is 12.4. The van der Waals surface area contributed by atoms with E-state index in [9.17, 15) is 14.4 Å². The van der Waals surface area contributed by atoms with Gasteiger partial charge in [0.2, 0.25) is 11.8 Å². The van der Waals surface area contributed by atoms with E-state index in [1.807, 2.05) is 0 Å². The molecule has 6 heteroatoms. The van der Waals surface area contributed by atoms with Gasteiger partial charge in [0.25, 0.3) is 0 Å². The lowest BCUT2D eigenvalue weighted by atomic mass is 9.95. The van der Waals surface area contributed by atoms with Gasteiger partial charge in [-0.05, 0) is 19.8 Å². The number of amides is 2. The van der Waals surface area contributed by atoms with Crippen LogP contribution in [0.2, 0.25) is 0 Å². The predicted octanol–water partition coefficient (Wildman–Crippen LogP) is 0.949. The average molecular weight is 298 g/mol. The van der Waals surface area contributed by atoms with Crippen LogP contribution in [0.1, 0.15) is 40.5 Å². The van der Waals surface area contributed by atoms with Gasteiger partial charge in [0.05, 0.1) is 13.0 Å². The molecular formula is C15H26N2O4. The Labute approximate surface area is 126 Å². The van der Waals surface area contributed by atoms with Crippen molar-refractivity contribution in [1.29, 1.82) is 0 Å². The number of carbonyl (C=O) groups excluding carboxylic acids is 3. The lowest BCUT2D eigenvalue weighted by molar-refractivity contribution is -0.149. The zero-order chi connectivity index (χ0) is 16.2. The first kappa shape index (κ1) is 17.5. The Morgan fingerprint density at radius 3 is 2.43 bits per heavy atom. The van der Waals surface area contributed by atoms with E-state index in [0.29, 0.717) is 13.1 Å². The number of hydrogen-bond donors (Lipinski definition) is 1. The first-order valence-electron chi connectivity index (χ1n) is 7.34. The maximum Gasteiger partial charge on any atom is 0.310 e. The molecular weight excluding hydrogens is 272 g/mol. The second kappa shape index (κ2) is 6.91. The monoisotopic (exact) mass is 298 g/mol. The third-order valence-corrected chi connectivity index (χ3v) is 3.67. The van der Waals surface area contributed by atoms with Crippen molar-refractivity contribution in [3.05, 3.63) is 0 Å². The number of esters is 1. The molecule has 1 fully saturated rings. The second-order valence-corrected chi connectivity index (χ2v) is 6.59. The molecule has 0 spiro atoms. The lowest BCUT2D eigenvalue weighted by Gasteiger charge is -2.33. The summed E-state index contributed by atoms with van der Waals surface area (Å²) < 4.78 is 4.74. The molecule has 0 aromatic rings. The Morgan fingerprint density at radius 2 is 1.90 bits per heavy atom. The molecule has 2 unspecified atom stereocenters. The van der Waals surface area contributed by atoms with Crippen LogP contribution >= 0.6 is 0 Å². The van der Waals surface area contributed by atoms with Crippen LogP contribution in [0, 0.1) is 11.3 Å². The summed E-state index contributed by atoms with van der Waals surface area (Å²) >= 11 is 0. The van der Waals surface area contributed by atoms with Crippen LogP contribution in [0.5, 0.6) is 0 Å². The van der Waals surface area contributed by atoms with E-state index in [2.05, 4.69) is 5.32 Å². The molecule has 0 radical (unpaired) electrons. The fourth-order valence-electron chi connectivity index (χ4n) is 2.29. The van der Waals surface area contributed by atoms with Gasteiger partial charge in [-0.15, -0.1) is 0 Å². The molecule has 21 heavy (non-hydrogen) atoms. The fourth-order valence-corrected chi connectivity index (χ4v) is 2.29. The Morgan fingerprint density at radius 1 is 1.29 bits per heavy atom. The summed E-state index contributed by atoms with van der Waals surface area (Å²) in [5, 5.41) is 2.73. The van der Waals surface area contributed by atoms with Gasteiger partial charge in [-0.3, -0.25) is 14.4 Å². The van der Waals surface area contributed by atoms with Gasteiger partial charge in [-0.25, -0.2) is 0 Å². The third-order valence-electron chi connectivity index (χ3n) is 3.67. The highest BCUT2D eigenvalue weighted by Gasteiger charge is 2.32. The van der Waals surface area contributed by atoms with Crippen molar-refractivity contribution in [3.63, 3.8) is 0 Å². The van der Waals surface area contributed by atoms with Crippen molar-refractivity contribution in [2.45, 2.75) is 46.6 Å². The largest absolute Gasteiger partial charge is 0.469 e. The van der Waals surface area contributed by atoms with Crippen LogP contribution in [0.15, 0.2) is 0 Å². The number of nitrogens with one attached hydrogen (secondary N) is 1. The molecule has 2 atom stereocenters. The van der Waals surface area contributed by atoms with Gasteiger partial charge >= 0.3 is 5.97 Å². The predicted molar refractivity (Wildman–Crippen MR) is 78.4 cm³/mol. The van der Waals surface area contributed by atoms with Gasteiger partial charge in [-0.1, -0.05) is 20.8 Å². The van der Waals surface area contributed by atoms with E-state index in [1.165, 1.54) is 7.11 Å². The smallest absolute Gasteiger partial charge is 0.310 e. The number of rotatable bonds is 3. The van der Waals surface area contributed by atoms with E-state index in [1.54, 1.807) is 32.6 Å². The highest BCUT2D eigenvalue weighted by Crippen LogP contribution is 2.19. The van der Waals surface area contributed by atoms with Gasteiger partial charge in [0.15, 0.2) is 0 Å². The molecule has 1 N–H and O–H groups in total. The van der Waals surface area contributed by atoms with Gasteiger partial charge in [0, 0.05) is 18.5 Å². The molecule has 1 aliphatic rings. The van der Waals surface area contributed by atoms with Crippen LogP contribution in [-0.2, 0) is 19.1 Å². The SMILES string of the molecule is COC(=O)C1CCCN(C(=O)C(C)NC(=O)C(C)(C)C)C1. The number of piperidine rings is 1. The van der Waals surface area contributed by atoms with Crippen molar-refractivity contribution < 1.29 is 19.1 Å². The van der Waals surface area contributed by atoms with Crippen LogP contribution in [0.4, 0.5) is 0 Å². The van der Waals surface area contributed by atoms with Crippen LogP contribution in [-0.4, -0.2) is 48.9 Å². The molecule has 1 heterocycles. The topological polar surface area (TPSA) is 75.7 Å². The van der Waals surface area contributed by atoms with E-state index in [4.69, 9.17) is 4.74 Å². The van der Waals surface area contributed by atoms with Crippen molar-refractivity contribution >= 4 is 17.8 Å². The van der Waals surface area contributed by atoms with E-state index in [-0.39, 0.29) is 23.7 Å². The molecule has 1 rings (SSSR count). The zero-order valence-electron chi connectivity index (χ0n) is 13.6. The lowest BCUT2D eigenvalue weighted by Crippen LogP contribution is -2.52. The Bertz CT molecular complexity index is 414. The van der Waals surface area contributed by atoms with E-state index in [0.717, 1.165) is 12.8 Å². The molecule has 1 saturated heterocycles.